The minimum Gasteiger partial charge on any atom is -0.496 e. The number of aliphatic carboxylic acids is 1. The van der Waals surface area contributed by atoms with Gasteiger partial charge in [0.25, 0.3) is 0 Å². The average Bonchev–Trinajstić information content (AvgIpc) is 2.61. The van der Waals surface area contributed by atoms with Gasteiger partial charge in [-0.3, -0.25) is 9.59 Å². The molecule has 0 amide bonds. The number of methoxy groups -OCH3 is 1. The van der Waals surface area contributed by atoms with Crippen molar-refractivity contribution in [3.63, 3.8) is 0 Å². The van der Waals surface area contributed by atoms with Crippen molar-refractivity contribution in [2.75, 3.05) is 12.9 Å². The van der Waals surface area contributed by atoms with Crippen molar-refractivity contribution >= 4 is 45.5 Å². The monoisotopic (exact) mass is 438 g/mol. The van der Waals surface area contributed by atoms with E-state index in [9.17, 15) is 14.0 Å². The minimum absolute atomic E-state index is 0.0383. The zero-order valence-electron chi connectivity index (χ0n) is 13.9. The zero-order valence-corrected chi connectivity index (χ0v) is 16.3. The molecule has 136 valence electrons. The highest BCUT2D eigenvalue weighted by Gasteiger charge is 2.10. The molecule has 2 aromatic carbocycles. The molecule has 0 unspecified atom stereocenters. The molecule has 0 saturated carbocycles. The third kappa shape index (κ3) is 5.71. The maximum atomic E-state index is 13.7. The van der Waals surface area contributed by atoms with Gasteiger partial charge in [-0.25, -0.2) is 4.39 Å². The van der Waals surface area contributed by atoms with Crippen LogP contribution in [-0.2, 0) is 10.5 Å². The first kappa shape index (κ1) is 20.2. The van der Waals surface area contributed by atoms with Gasteiger partial charge in [-0.1, -0.05) is 15.9 Å². The molecule has 0 bridgehead atoms. The Morgan fingerprint density at radius 3 is 2.73 bits per heavy atom. The molecule has 0 fully saturated rings. The highest BCUT2D eigenvalue weighted by molar-refractivity contribution is 9.10. The zero-order chi connectivity index (χ0) is 19.1. The summed E-state index contributed by atoms with van der Waals surface area (Å²) >= 11 is 4.48. The molecule has 0 aliphatic rings. The summed E-state index contributed by atoms with van der Waals surface area (Å²) < 4.78 is 19.7. The maximum Gasteiger partial charge on any atom is 0.313 e. The Hall–Kier alpha value is -2.12. The number of ketones is 1. The van der Waals surface area contributed by atoms with Crippen LogP contribution in [0, 0.1) is 5.82 Å². The molecule has 4 nitrogen and oxygen atoms in total. The summed E-state index contributed by atoms with van der Waals surface area (Å²) in [6.45, 7) is 0. The van der Waals surface area contributed by atoms with Crippen LogP contribution in [0.1, 0.15) is 21.5 Å². The van der Waals surface area contributed by atoms with E-state index >= 15 is 0 Å². The number of benzene rings is 2. The number of carboxylic acid groups (broad SMARTS) is 1. The second-order valence-electron chi connectivity index (χ2n) is 5.28. The summed E-state index contributed by atoms with van der Waals surface area (Å²) in [5, 5.41) is 8.73. The van der Waals surface area contributed by atoms with Crippen LogP contribution >= 0.6 is 27.7 Å². The molecule has 0 heterocycles. The molecule has 0 aliphatic heterocycles. The minimum atomic E-state index is -0.903. The molecule has 2 aromatic rings. The third-order valence-corrected chi connectivity index (χ3v) is 4.88. The number of ether oxygens (including phenoxy) is 1. The predicted molar refractivity (Wildman–Crippen MR) is 104 cm³/mol. The maximum absolute atomic E-state index is 13.7. The van der Waals surface area contributed by atoms with Gasteiger partial charge in [0, 0.05) is 26.9 Å². The smallest absolute Gasteiger partial charge is 0.313 e. The van der Waals surface area contributed by atoms with Gasteiger partial charge >= 0.3 is 5.97 Å². The van der Waals surface area contributed by atoms with Gasteiger partial charge in [0.1, 0.15) is 11.6 Å². The average molecular weight is 439 g/mol. The van der Waals surface area contributed by atoms with Gasteiger partial charge in [0.2, 0.25) is 0 Å². The molecule has 0 aliphatic carbocycles. The summed E-state index contributed by atoms with van der Waals surface area (Å²) in [6.07, 6.45) is 2.73. The standard InChI is InChI=1S/C19H16BrFO4S/c1-25-18-7-3-13(8-14(18)10-26-11-19(23)24)17(22)6-2-12-9-15(20)4-5-16(12)21/h2-9H,10-11H2,1H3,(H,23,24)/b6-2+. The van der Waals surface area contributed by atoms with Crippen LogP contribution in [0.5, 0.6) is 5.75 Å². The van der Waals surface area contributed by atoms with Crippen LogP contribution in [0.15, 0.2) is 46.9 Å². The Morgan fingerprint density at radius 2 is 2.04 bits per heavy atom. The van der Waals surface area contributed by atoms with Crippen LogP contribution in [0.2, 0.25) is 0 Å². The fourth-order valence-corrected chi connectivity index (χ4v) is 3.30. The van der Waals surface area contributed by atoms with Crippen LogP contribution in [0.4, 0.5) is 4.39 Å². The molecule has 0 aromatic heterocycles. The first-order chi connectivity index (χ1) is 12.4. The fraction of sp³-hybridized carbons (Fsp3) is 0.158. The quantitative estimate of drug-likeness (QED) is 0.473. The number of thioether (sulfide) groups is 1. The second-order valence-corrected chi connectivity index (χ2v) is 7.18. The Kier molecular flexibility index (Phi) is 7.41. The molecular weight excluding hydrogens is 423 g/mol. The van der Waals surface area contributed by atoms with E-state index in [-0.39, 0.29) is 11.5 Å². The van der Waals surface area contributed by atoms with E-state index in [0.29, 0.717) is 27.1 Å². The van der Waals surface area contributed by atoms with E-state index in [2.05, 4.69) is 15.9 Å². The summed E-state index contributed by atoms with van der Waals surface area (Å²) in [7, 11) is 1.51. The van der Waals surface area contributed by atoms with Gasteiger partial charge < -0.3 is 9.84 Å². The second kappa shape index (κ2) is 9.54. The molecule has 0 radical (unpaired) electrons. The normalized spacial score (nSPS) is 10.9. The van der Waals surface area contributed by atoms with Crippen LogP contribution in [-0.4, -0.2) is 29.7 Å². The Labute approximate surface area is 163 Å². The van der Waals surface area contributed by atoms with Crippen molar-refractivity contribution in [2.24, 2.45) is 0 Å². The van der Waals surface area contributed by atoms with E-state index in [1.54, 1.807) is 30.3 Å². The molecule has 26 heavy (non-hydrogen) atoms. The highest BCUT2D eigenvalue weighted by Crippen LogP contribution is 2.25. The topological polar surface area (TPSA) is 63.6 Å². The van der Waals surface area contributed by atoms with Crippen molar-refractivity contribution in [1.29, 1.82) is 0 Å². The molecule has 0 spiro atoms. The number of carbonyl (C=O) groups excluding carboxylic acids is 1. The lowest BCUT2D eigenvalue weighted by Crippen LogP contribution is -2.01. The van der Waals surface area contributed by atoms with Gasteiger partial charge in [-0.2, -0.15) is 0 Å². The van der Waals surface area contributed by atoms with E-state index in [4.69, 9.17) is 9.84 Å². The Balaban J connectivity index is 2.18. The van der Waals surface area contributed by atoms with E-state index < -0.39 is 11.8 Å². The Morgan fingerprint density at radius 1 is 1.27 bits per heavy atom. The highest BCUT2D eigenvalue weighted by atomic mass is 79.9. The van der Waals surface area contributed by atoms with Crippen molar-refractivity contribution in [1.82, 2.24) is 0 Å². The molecule has 2 rings (SSSR count). The third-order valence-electron chi connectivity index (χ3n) is 3.42. The van der Waals surface area contributed by atoms with E-state index in [1.165, 1.54) is 37.1 Å². The predicted octanol–water partition coefficient (Wildman–Crippen LogP) is 4.81. The number of halogens is 2. The lowest BCUT2D eigenvalue weighted by molar-refractivity contribution is -0.133. The molecule has 7 heteroatoms. The molecule has 0 atom stereocenters. The van der Waals surface area contributed by atoms with Crippen molar-refractivity contribution < 1.29 is 23.8 Å². The lowest BCUT2D eigenvalue weighted by Gasteiger charge is -2.09. The molecule has 0 saturated heterocycles. The van der Waals surface area contributed by atoms with Crippen LogP contribution in [0.3, 0.4) is 0 Å². The number of carbonyl (C=O) groups is 2. The SMILES string of the molecule is COc1ccc(C(=O)/C=C/c2cc(Br)ccc2F)cc1CSCC(=O)O. The number of rotatable bonds is 8. The largest absolute Gasteiger partial charge is 0.496 e. The Bertz CT molecular complexity index is 851. The van der Waals surface area contributed by atoms with Crippen molar-refractivity contribution in [3.8, 4) is 5.75 Å². The van der Waals surface area contributed by atoms with Gasteiger partial charge in [-0.05, 0) is 48.6 Å². The van der Waals surface area contributed by atoms with Crippen LogP contribution in [0.25, 0.3) is 6.08 Å². The number of hydrogen-bond acceptors (Lipinski definition) is 4. The summed E-state index contributed by atoms with van der Waals surface area (Å²) in [6, 6.07) is 9.43. The number of carboxylic acids is 1. The van der Waals surface area contributed by atoms with Gasteiger partial charge in [0.15, 0.2) is 5.78 Å². The van der Waals surface area contributed by atoms with Crippen molar-refractivity contribution in [2.45, 2.75) is 5.75 Å². The number of allylic oxidation sites excluding steroid dienone is 1. The fourth-order valence-electron chi connectivity index (χ4n) is 2.20. The summed E-state index contributed by atoms with van der Waals surface area (Å²) in [5.41, 5.74) is 1.45. The first-order valence-electron chi connectivity index (χ1n) is 7.54. The van der Waals surface area contributed by atoms with Crippen molar-refractivity contribution in [3.05, 3.63) is 69.5 Å². The van der Waals surface area contributed by atoms with Crippen LogP contribution < -0.4 is 4.74 Å². The summed E-state index contributed by atoms with van der Waals surface area (Å²) in [4.78, 5) is 23.0. The lowest BCUT2D eigenvalue weighted by atomic mass is 10.1. The van der Waals surface area contributed by atoms with E-state index in [0.717, 1.165) is 5.56 Å². The molecule has 1 N–H and O–H groups in total. The van der Waals surface area contributed by atoms with Gasteiger partial charge in [-0.15, -0.1) is 11.8 Å². The van der Waals surface area contributed by atoms with E-state index in [1.807, 2.05) is 0 Å². The first-order valence-corrected chi connectivity index (χ1v) is 9.49. The molecular formula is C19H16BrFO4S. The van der Waals surface area contributed by atoms with Gasteiger partial charge in [0.05, 0.1) is 12.9 Å². The summed E-state index contributed by atoms with van der Waals surface area (Å²) in [5.74, 6) is -0.653. The number of hydrogen-bond donors (Lipinski definition) is 1.